The molecule has 160 valence electrons. The lowest BCUT2D eigenvalue weighted by atomic mass is 9.99. The molecule has 0 saturated carbocycles. The van der Waals surface area contributed by atoms with Crippen molar-refractivity contribution in [1.29, 1.82) is 0 Å². The highest BCUT2D eigenvalue weighted by Gasteiger charge is 2.36. The SMILES string of the molecule is COC(=O)c1ccc(/C=C2\SC(=S)N(CC(=O)N3CCCC[C@H]3CCO)C2=O)cc1. The molecular weight excluding hydrogens is 424 g/mol. The minimum Gasteiger partial charge on any atom is -0.465 e. The Hall–Kier alpha value is -2.23. The average molecular weight is 449 g/mol. The number of thiocarbonyl (C=S) groups is 1. The van der Waals surface area contributed by atoms with Gasteiger partial charge in [0.15, 0.2) is 0 Å². The van der Waals surface area contributed by atoms with Gasteiger partial charge in [0, 0.05) is 19.2 Å². The zero-order chi connectivity index (χ0) is 21.7. The van der Waals surface area contributed by atoms with Crippen molar-refractivity contribution in [2.24, 2.45) is 0 Å². The largest absolute Gasteiger partial charge is 0.465 e. The van der Waals surface area contributed by atoms with Gasteiger partial charge in [-0.05, 0) is 49.5 Å². The summed E-state index contributed by atoms with van der Waals surface area (Å²) < 4.78 is 5.03. The smallest absolute Gasteiger partial charge is 0.337 e. The van der Waals surface area contributed by atoms with E-state index < -0.39 is 5.97 Å². The first-order valence-electron chi connectivity index (χ1n) is 9.78. The Morgan fingerprint density at radius 2 is 2.03 bits per heavy atom. The third-order valence-corrected chi connectivity index (χ3v) is 6.58. The van der Waals surface area contributed by atoms with E-state index in [9.17, 15) is 19.5 Å². The van der Waals surface area contributed by atoms with E-state index in [1.807, 2.05) is 0 Å². The van der Waals surface area contributed by atoms with Crippen LogP contribution in [0.15, 0.2) is 29.2 Å². The van der Waals surface area contributed by atoms with E-state index in [0.717, 1.165) is 36.6 Å². The lowest BCUT2D eigenvalue weighted by Gasteiger charge is -2.36. The van der Waals surface area contributed by atoms with Gasteiger partial charge in [-0.3, -0.25) is 14.5 Å². The van der Waals surface area contributed by atoms with Crippen LogP contribution in [0.3, 0.4) is 0 Å². The normalized spacial score (nSPS) is 20.7. The van der Waals surface area contributed by atoms with Crippen LogP contribution in [0.1, 0.15) is 41.6 Å². The van der Waals surface area contributed by atoms with Crippen LogP contribution in [0.2, 0.25) is 0 Å². The molecule has 0 bridgehead atoms. The second kappa shape index (κ2) is 10.2. The van der Waals surface area contributed by atoms with E-state index in [4.69, 9.17) is 12.2 Å². The Morgan fingerprint density at radius 1 is 1.30 bits per heavy atom. The summed E-state index contributed by atoms with van der Waals surface area (Å²) in [6.45, 7) is 0.582. The number of rotatable bonds is 6. The number of ether oxygens (including phenoxy) is 1. The summed E-state index contributed by atoms with van der Waals surface area (Å²) in [4.78, 5) is 40.8. The number of esters is 1. The molecule has 3 rings (SSSR count). The van der Waals surface area contributed by atoms with Crippen LogP contribution < -0.4 is 0 Å². The quantitative estimate of drug-likeness (QED) is 0.406. The van der Waals surface area contributed by atoms with Crippen LogP contribution in [0, 0.1) is 0 Å². The molecule has 7 nitrogen and oxygen atoms in total. The summed E-state index contributed by atoms with van der Waals surface area (Å²) >= 11 is 6.50. The Labute approximate surface area is 185 Å². The van der Waals surface area contributed by atoms with Gasteiger partial charge in [-0.25, -0.2) is 4.79 Å². The predicted molar refractivity (Wildman–Crippen MR) is 119 cm³/mol. The zero-order valence-electron chi connectivity index (χ0n) is 16.7. The Morgan fingerprint density at radius 3 is 2.70 bits per heavy atom. The summed E-state index contributed by atoms with van der Waals surface area (Å²) in [5, 5.41) is 9.26. The maximum absolute atomic E-state index is 12.8. The minimum atomic E-state index is -0.427. The van der Waals surface area contributed by atoms with E-state index in [0.29, 0.717) is 27.8 Å². The number of amides is 2. The van der Waals surface area contributed by atoms with Gasteiger partial charge in [0.25, 0.3) is 5.91 Å². The lowest BCUT2D eigenvalue weighted by molar-refractivity contribution is -0.138. The van der Waals surface area contributed by atoms with Gasteiger partial charge in [0.05, 0.1) is 17.6 Å². The number of hydrogen-bond donors (Lipinski definition) is 1. The van der Waals surface area contributed by atoms with Crippen molar-refractivity contribution in [3.05, 3.63) is 40.3 Å². The highest BCUT2D eigenvalue weighted by Crippen LogP contribution is 2.33. The van der Waals surface area contributed by atoms with Crippen molar-refractivity contribution < 1.29 is 24.2 Å². The number of hydrogen-bond acceptors (Lipinski definition) is 7. The number of carbonyl (C=O) groups excluding carboxylic acids is 3. The number of aliphatic hydroxyl groups is 1. The van der Waals surface area contributed by atoms with Crippen LogP contribution in [0.5, 0.6) is 0 Å². The van der Waals surface area contributed by atoms with Crippen molar-refractivity contribution >= 4 is 52.2 Å². The molecule has 0 radical (unpaired) electrons. The first-order valence-corrected chi connectivity index (χ1v) is 11.0. The van der Waals surface area contributed by atoms with Gasteiger partial charge in [-0.1, -0.05) is 36.1 Å². The van der Waals surface area contributed by atoms with Gasteiger partial charge >= 0.3 is 5.97 Å². The summed E-state index contributed by atoms with van der Waals surface area (Å²) in [6.07, 6.45) is 5.07. The third kappa shape index (κ3) is 5.08. The molecule has 0 unspecified atom stereocenters. The van der Waals surface area contributed by atoms with Crippen molar-refractivity contribution in [2.45, 2.75) is 31.7 Å². The van der Waals surface area contributed by atoms with Crippen LogP contribution in [0.25, 0.3) is 6.08 Å². The number of benzene rings is 1. The Balaban J connectivity index is 1.69. The highest BCUT2D eigenvalue weighted by molar-refractivity contribution is 8.26. The summed E-state index contributed by atoms with van der Waals surface area (Å²) in [6, 6.07) is 6.70. The molecule has 1 N–H and O–H groups in total. The van der Waals surface area contributed by atoms with Gasteiger partial charge in [0.2, 0.25) is 5.91 Å². The molecule has 2 heterocycles. The molecule has 0 aromatic heterocycles. The van der Waals surface area contributed by atoms with Gasteiger partial charge in [-0.2, -0.15) is 0 Å². The molecule has 0 spiro atoms. The van der Waals surface area contributed by atoms with Crippen LogP contribution in [-0.4, -0.2) is 69.9 Å². The standard InChI is InChI=1S/C21H24N2O5S2/c1-28-20(27)15-7-5-14(6-8-15)12-17-19(26)23(21(29)30-17)13-18(25)22-10-3-2-4-16(22)9-11-24/h5-8,12,16,24H,2-4,9-11,13H2,1H3/b17-12-/t16-/m0/s1. The molecule has 0 aliphatic carbocycles. The monoisotopic (exact) mass is 448 g/mol. The second-order valence-electron chi connectivity index (χ2n) is 7.13. The zero-order valence-corrected chi connectivity index (χ0v) is 18.3. The van der Waals surface area contributed by atoms with Gasteiger partial charge < -0.3 is 14.7 Å². The van der Waals surface area contributed by atoms with Crippen molar-refractivity contribution in [2.75, 3.05) is 26.8 Å². The fourth-order valence-corrected chi connectivity index (χ4v) is 4.88. The van der Waals surface area contributed by atoms with E-state index >= 15 is 0 Å². The molecule has 2 saturated heterocycles. The predicted octanol–water partition coefficient (Wildman–Crippen LogP) is 2.44. The fourth-order valence-electron chi connectivity index (χ4n) is 3.63. The van der Waals surface area contributed by atoms with Crippen LogP contribution in [-0.2, 0) is 14.3 Å². The average Bonchev–Trinajstić information content (AvgIpc) is 3.01. The lowest BCUT2D eigenvalue weighted by Crippen LogP contribution is -2.49. The highest BCUT2D eigenvalue weighted by atomic mass is 32.2. The minimum absolute atomic E-state index is 0.0125. The van der Waals surface area contributed by atoms with E-state index in [1.165, 1.54) is 12.0 Å². The maximum atomic E-state index is 12.8. The fraction of sp³-hybridized carbons (Fsp3) is 0.429. The number of piperidine rings is 1. The van der Waals surface area contributed by atoms with E-state index in [1.54, 1.807) is 35.2 Å². The number of methoxy groups -OCH3 is 1. The molecular formula is C21H24N2O5S2. The van der Waals surface area contributed by atoms with Crippen molar-refractivity contribution in [3.8, 4) is 0 Å². The Kier molecular flexibility index (Phi) is 7.63. The molecule has 30 heavy (non-hydrogen) atoms. The first-order chi connectivity index (χ1) is 14.4. The molecule has 2 aliphatic heterocycles. The summed E-state index contributed by atoms with van der Waals surface area (Å²) in [5.74, 6) is -0.872. The molecule has 1 aromatic rings. The molecule has 1 atom stereocenters. The van der Waals surface area contributed by atoms with Crippen LogP contribution in [0.4, 0.5) is 0 Å². The molecule has 2 aliphatic rings. The second-order valence-corrected chi connectivity index (χ2v) is 8.81. The topological polar surface area (TPSA) is 87.2 Å². The van der Waals surface area contributed by atoms with E-state index in [-0.39, 0.29) is 31.0 Å². The Bertz CT molecular complexity index is 867. The van der Waals surface area contributed by atoms with Crippen LogP contribution >= 0.6 is 24.0 Å². The number of likely N-dealkylation sites (tertiary alicyclic amines) is 1. The molecule has 2 amide bonds. The van der Waals surface area contributed by atoms with Gasteiger partial charge in [-0.15, -0.1) is 0 Å². The number of nitrogens with zero attached hydrogens (tertiary/aromatic N) is 2. The maximum Gasteiger partial charge on any atom is 0.337 e. The summed E-state index contributed by atoms with van der Waals surface area (Å²) in [7, 11) is 1.32. The van der Waals surface area contributed by atoms with Crippen molar-refractivity contribution in [1.82, 2.24) is 9.80 Å². The molecule has 9 heteroatoms. The third-order valence-electron chi connectivity index (χ3n) is 5.21. The molecule has 2 fully saturated rings. The number of thioether (sulfide) groups is 1. The van der Waals surface area contributed by atoms with Crippen molar-refractivity contribution in [3.63, 3.8) is 0 Å². The number of carbonyl (C=O) groups is 3. The van der Waals surface area contributed by atoms with Gasteiger partial charge in [0.1, 0.15) is 10.9 Å². The van der Waals surface area contributed by atoms with E-state index in [2.05, 4.69) is 4.74 Å². The molecule has 1 aromatic carbocycles. The number of aliphatic hydroxyl groups excluding tert-OH is 1. The first kappa shape index (κ1) is 22.5. The summed E-state index contributed by atoms with van der Waals surface area (Å²) in [5.41, 5.74) is 1.17.